The highest BCUT2D eigenvalue weighted by Gasteiger charge is 2.52. The summed E-state index contributed by atoms with van der Waals surface area (Å²) in [6.07, 6.45) is 5.82. The lowest BCUT2D eigenvalue weighted by atomic mass is 9.74. The summed E-state index contributed by atoms with van der Waals surface area (Å²) in [6, 6.07) is 6.42. The highest BCUT2D eigenvalue weighted by Crippen LogP contribution is 2.51. The van der Waals surface area contributed by atoms with Crippen molar-refractivity contribution >= 4 is 0 Å². The number of fused-ring (bicyclic) bond motifs is 1. The van der Waals surface area contributed by atoms with Crippen LogP contribution in [-0.4, -0.2) is 30.5 Å². The Bertz CT molecular complexity index is 537. The maximum atomic E-state index is 10.0. The molecule has 1 saturated heterocycles. The van der Waals surface area contributed by atoms with E-state index in [0.717, 1.165) is 31.6 Å². The Kier molecular flexibility index (Phi) is 3.23. The van der Waals surface area contributed by atoms with Crippen molar-refractivity contribution in [2.75, 3.05) is 13.2 Å². The van der Waals surface area contributed by atoms with E-state index in [9.17, 15) is 5.11 Å². The highest BCUT2D eigenvalue weighted by molar-refractivity contribution is 5.40. The lowest BCUT2D eigenvalue weighted by molar-refractivity contribution is -0.0208. The van der Waals surface area contributed by atoms with Crippen LogP contribution in [-0.2, 0) is 11.2 Å². The predicted molar refractivity (Wildman–Crippen MR) is 80.5 cm³/mol. The average molecular weight is 288 g/mol. The summed E-state index contributed by atoms with van der Waals surface area (Å²) >= 11 is 0. The van der Waals surface area contributed by atoms with Crippen molar-refractivity contribution in [2.24, 2.45) is 11.3 Å². The number of aliphatic hydroxyl groups is 1. The quantitative estimate of drug-likeness (QED) is 0.926. The lowest BCUT2D eigenvalue weighted by Crippen LogP contribution is -2.40. The molecule has 1 N–H and O–H groups in total. The molecule has 3 heteroatoms. The topological polar surface area (TPSA) is 38.7 Å². The monoisotopic (exact) mass is 288 g/mol. The summed E-state index contributed by atoms with van der Waals surface area (Å²) in [7, 11) is 0. The first-order valence-corrected chi connectivity index (χ1v) is 8.19. The van der Waals surface area contributed by atoms with Crippen molar-refractivity contribution in [3.63, 3.8) is 0 Å². The summed E-state index contributed by atoms with van der Waals surface area (Å²) in [5, 5.41) is 10.0. The molecule has 3 nitrogen and oxygen atoms in total. The largest absolute Gasteiger partial charge is 0.490 e. The molecule has 3 unspecified atom stereocenters. The summed E-state index contributed by atoms with van der Waals surface area (Å²) in [4.78, 5) is 0. The SMILES string of the molecule is Cc1ccc2c(c1)CC(CC1(CO)CCOC1C1CC1)O2. The molecule has 0 radical (unpaired) electrons. The Balaban J connectivity index is 1.50. The lowest BCUT2D eigenvalue weighted by Gasteiger charge is -2.34. The third-order valence-electron chi connectivity index (χ3n) is 5.46. The average Bonchev–Trinajstić information content (AvgIpc) is 3.11. The molecule has 4 rings (SSSR count). The second kappa shape index (κ2) is 4.99. The van der Waals surface area contributed by atoms with Crippen molar-refractivity contribution in [1.82, 2.24) is 0 Å². The molecule has 2 aliphatic heterocycles. The van der Waals surface area contributed by atoms with Gasteiger partial charge < -0.3 is 14.6 Å². The second-order valence-electron chi connectivity index (χ2n) is 7.16. The van der Waals surface area contributed by atoms with Gasteiger partial charge in [0.2, 0.25) is 0 Å². The number of aryl methyl sites for hydroxylation is 1. The fraction of sp³-hybridized carbons (Fsp3) is 0.667. The van der Waals surface area contributed by atoms with Crippen LogP contribution < -0.4 is 4.74 Å². The predicted octanol–water partition coefficient (Wildman–Crippen LogP) is 2.87. The first-order chi connectivity index (χ1) is 10.2. The van der Waals surface area contributed by atoms with E-state index in [4.69, 9.17) is 9.47 Å². The van der Waals surface area contributed by atoms with Crippen molar-refractivity contribution in [3.05, 3.63) is 29.3 Å². The van der Waals surface area contributed by atoms with Crippen LogP contribution in [0.3, 0.4) is 0 Å². The van der Waals surface area contributed by atoms with Gasteiger partial charge in [-0.1, -0.05) is 17.7 Å². The Labute approximate surface area is 126 Å². The van der Waals surface area contributed by atoms with Crippen LogP contribution >= 0.6 is 0 Å². The molecule has 0 aromatic heterocycles. The molecule has 2 fully saturated rings. The van der Waals surface area contributed by atoms with Crippen molar-refractivity contribution < 1.29 is 14.6 Å². The van der Waals surface area contributed by atoms with E-state index in [-0.39, 0.29) is 24.2 Å². The maximum absolute atomic E-state index is 10.0. The third-order valence-corrected chi connectivity index (χ3v) is 5.46. The molecule has 1 aliphatic carbocycles. The fourth-order valence-corrected chi connectivity index (χ4v) is 4.21. The second-order valence-corrected chi connectivity index (χ2v) is 7.16. The first kappa shape index (κ1) is 13.6. The molecule has 2 heterocycles. The van der Waals surface area contributed by atoms with Gasteiger partial charge in [0, 0.05) is 18.4 Å². The zero-order valence-corrected chi connectivity index (χ0v) is 12.7. The molecule has 1 saturated carbocycles. The zero-order valence-electron chi connectivity index (χ0n) is 12.7. The van der Waals surface area contributed by atoms with Crippen LogP contribution in [0.2, 0.25) is 0 Å². The van der Waals surface area contributed by atoms with Crippen LogP contribution in [0.5, 0.6) is 5.75 Å². The van der Waals surface area contributed by atoms with Gasteiger partial charge in [-0.05, 0) is 50.2 Å². The van der Waals surface area contributed by atoms with Crippen molar-refractivity contribution in [3.8, 4) is 5.75 Å². The van der Waals surface area contributed by atoms with Gasteiger partial charge in [0.15, 0.2) is 0 Å². The summed E-state index contributed by atoms with van der Waals surface area (Å²) in [5.41, 5.74) is 2.52. The minimum Gasteiger partial charge on any atom is -0.490 e. The van der Waals surface area contributed by atoms with Crippen LogP contribution in [0.15, 0.2) is 18.2 Å². The Morgan fingerprint density at radius 3 is 2.95 bits per heavy atom. The van der Waals surface area contributed by atoms with E-state index >= 15 is 0 Å². The van der Waals surface area contributed by atoms with E-state index in [2.05, 4.69) is 25.1 Å². The van der Waals surface area contributed by atoms with Crippen LogP contribution in [0.25, 0.3) is 0 Å². The van der Waals surface area contributed by atoms with Crippen LogP contribution in [0, 0.1) is 18.3 Å². The van der Waals surface area contributed by atoms with E-state index in [1.807, 2.05) is 0 Å². The number of hydrogen-bond donors (Lipinski definition) is 1. The van der Waals surface area contributed by atoms with Crippen molar-refractivity contribution in [2.45, 2.75) is 51.2 Å². The van der Waals surface area contributed by atoms with Gasteiger partial charge >= 0.3 is 0 Å². The first-order valence-electron chi connectivity index (χ1n) is 8.19. The minimum atomic E-state index is -0.0804. The summed E-state index contributed by atoms with van der Waals surface area (Å²) < 4.78 is 12.1. The van der Waals surface area contributed by atoms with Crippen molar-refractivity contribution in [1.29, 1.82) is 0 Å². The Morgan fingerprint density at radius 1 is 1.33 bits per heavy atom. The minimum absolute atomic E-state index is 0.0804. The molecular weight excluding hydrogens is 264 g/mol. The highest BCUT2D eigenvalue weighted by atomic mass is 16.5. The van der Waals surface area contributed by atoms with Gasteiger partial charge in [-0.3, -0.25) is 0 Å². The fourth-order valence-electron chi connectivity index (χ4n) is 4.21. The Morgan fingerprint density at radius 2 is 2.19 bits per heavy atom. The van der Waals surface area contributed by atoms with Crippen LogP contribution in [0.1, 0.15) is 36.8 Å². The van der Waals surface area contributed by atoms with E-state index in [1.165, 1.54) is 24.0 Å². The number of ether oxygens (including phenoxy) is 2. The van der Waals surface area contributed by atoms with Gasteiger partial charge in [0.05, 0.1) is 12.7 Å². The number of hydrogen-bond acceptors (Lipinski definition) is 3. The standard InChI is InChI=1S/C18H24O3/c1-12-2-5-16-14(8-12)9-15(21-16)10-18(11-19)6-7-20-17(18)13-3-4-13/h2,5,8,13,15,17,19H,3-4,6-7,9-11H2,1H3. The number of aliphatic hydroxyl groups excluding tert-OH is 1. The molecule has 1 aromatic rings. The normalized spacial score (nSPS) is 34.8. The summed E-state index contributed by atoms with van der Waals surface area (Å²) in [6.45, 7) is 3.14. The number of benzene rings is 1. The maximum Gasteiger partial charge on any atom is 0.123 e. The molecule has 21 heavy (non-hydrogen) atoms. The van der Waals surface area contributed by atoms with Gasteiger partial charge in [-0.15, -0.1) is 0 Å². The van der Waals surface area contributed by atoms with Gasteiger partial charge in [-0.25, -0.2) is 0 Å². The molecule has 0 bridgehead atoms. The molecule has 3 aliphatic rings. The van der Waals surface area contributed by atoms with Gasteiger partial charge in [0.25, 0.3) is 0 Å². The van der Waals surface area contributed by atoms with E-state index in [0.29, 0.717) is 5.92 Å². The van der Waals surface area contributed by atoms with Gasteiger partial charge in [-0.2, -0.15) is 0 Å². The third kappa shape index (κ3) is 2.36. The molecular formula is C18H24O3. The zero-order chi connectivity index (χ0) is 14.4. The Hall–Kier alpha value is -1.06. The van der Waals surface area contributed by atoms with Crippen LogP contribution in [0.4, 0.5) is 0 Å². The molecule has 3 atom stereocenters. The van der Waals surface area contributed by atoms with Gasteiger partial charge in [0.1, 0.15) is 11.9 Å². The summed E-state index contributed by atoms with van der Waals surface area (Å²) in [5.74, 6) is 1.70. The van der Waals surface area contributed by atoms with E-state index in [1.54, 1.807) is 0 Å². The molecule has 0 spiro atoms. The molecule has 114 valence electrons. The molecule has 0 amide bonds. The van der Waals surface area contributed by atoms with E-state index < -0.39 is 0 Å². The number of rotatable bonds is 4. The molecule has 1 aromatic carbocycles. The smallest absolute Gasteiger partial charge is 0.123 e.